The Morgan fingerprint density at radius 2 is 1.92 bits per heavy atom. The molecule has 6 nitrogen and oxygen atoms in total. The SMILES string of the molecule is Cc1ccc(C)c2oc(NNc3c(O)cc4c(c3O)C=CCC4)nc12. The van der Waals surface area contributed by atoms with E-state index >= 15 is 0 Å². The summed E-state index contributed by atoms with van der Waals surface area (Å²) in [7, 11) is 0. The van der Waals surface area contributed by atoms with Crippen molar-refractivity contribution in [2.75, 3.05) is 10.9 Å². The van der Waals surface area contributed by atoms with Crippen LogP contribution < -0.4 is 10.9 Å². The molecule has 1 aliphatic carbocycles. The maximum Gasteiger partial charge on any atom is 0.314 e. The number of benzene rings is 2. The van der Waals surface area contributed by atoms with Crippen molar-refractivity contribution in [3.05, 3.63) is 46.5 Å². The van der Waals surface area contributed by atoms with Crippen LogP contribution in [0.25, 0.3) is 17.2 Å². The van der Waals surface area contributed by atoms with Gasteiger partial charge in [0.05, 0.1) is 0 Å². The van der Waals surface area contributed by atoms with E-state index in [1.54, 1.807) is 6.07 Å². The third kappa shape index (κ3) is 2.55. The lowest BCUT2D eigenvalue weighted by Gasteiger charge is -2.17. The topological polar surface area (TPSA) is 90.6 Å². The van der Waals surface area contributed by atoms with Gasteiger partial charge in [-0.3, -0.25) is 10.9 Å². The quantitative estimate of drug-likeness (QED) is 0.422. The summed E-state index contributed by atoms with van der Waals surface area (Å²) in [5.41, 5.74) is 11.0. The summed E-state index contributed by atoms with van der Waals surface area (Å²) >= 11 is 0. The number of aromatic nitrogens is 1. The lowest BCUT2D eigenvalue weighted by atomic mass is 9.95. The van der Waals surface area contributed by atoms with Gasteiger partial charge in [0.15, 0.2) is 11.3 Å². The summed E-state index contributed by atoms with van der Waals surface area (Å²) in [5, 5.41) is 20.7. The fraction of sp³-hybridized carbons (Fsp3) is 0.211. The highest BCUT2D eigenvalue weighted by Gasteiger charge is 2.18. The van der Waals surface area contributed by atoms with Gasteiger partial charge in [-0.1, -0.05) is 24.3 Å². The van der Waals surface area contributed by atoms with Gasteiger partial charge in [-0.25, -0.2) is 0 Å². The fourth-order valence-corrected chi connectivity index (χ4v) is 3.11. The highest BCUT2D eigenvalue weighted by molar-refractivity contribution is 5.82. The van der Waals surface area contributed by atoms with Gasteiger partial charge in [0.2, 0.25) is 0 Å². The minimum atomic E-state index is -0.0254. The molecular formula is C19H19N3O3. The van der Waals surface area contributed by atoms with Crippen LogP contribution in [0.2, 0.25) is 0 Å². The largest absolute Gasteiger partial charge is 0.506 e. The molecule has 128 valence electrons. The van der Waals surface area contributed by atoms with Crippen LogP contribution in [0, 0.1) is 13.8 Å². The van der Waals surface area contributed by atoms with Crippen LogP contribution in [0.15, 0.2) is 28.7 Å². The molecule has 4 rings (SSSR count). The number of phenols is 2. The first-order valence-corrected chi connectivity index (χ1v) is 8.17. The molecule has 6 heteroatoms. The second-order valence-corrected chi connectivity index (χ2v) is 6.28. The van der Waals surface area contributed by atoms with Crippen LogP contribution >= 0.6 is 0 Å². The Balaban J connectivity index is 1.65. The summed E-state index contributed by atoms with van der Waals surface area (Å²) in [6, 6.07) is 5.90. The first-order valence-electron chi connectivity index (χ1n) is 8.17. The van der Waals surface area contributed by atoms with E-state index in [1.165, 1.54) is 0 Å². The molecule has 0 spiro atoms. The van der Waals surface area contributed by atoms with Crippen LogP contribution in [-0.2, 0) is 6.42 Å². The van der Waals surface area contributed by atoms with E-state index in [4.69, 9.17) is 4.42 Å². The molecule has 2 aromatic carbocycles. The standard InChI is InChI=1S/C19H19N3O3/c1-10-7-8-11(2)18-15(10)20-19(25-18)22-21-16-14(23)9-12-5-3-4-6-13(12)17(16)24/h4,6-9,21,23-24H,3,5H2,1-2H3,(H,20,22). The minimum absolute atomic E-state index is 0.00178. The molecule has 0 bridgehead atoms. The molecule has 25 heavy (non-hydrogen) atoms. The summed E-state index contributed by atoms with van der Waals surface area (Å²) < 4.78 is 5.73. The average molecular weight is 337 g/mol. The fourth-order valence-electron chi connectivity index (χ4n) is 3.11. The molecule has 0 saturated heterocycles. The molecule has 4 N–H and O–H groups in total. The summed E-state index contributed by atoms with van der Waals surface area (Å²) in [6.07, 6.45) is 5.57. The first-order chi connectivity index (χ1) is 12.0. The number of aryl methyl sites for hydroxylation is 3. The molecule has 0 unspecified atom stereocenters. The van der Waals surface area contributed by atoms with Gasteiger partial charge >= 0.3 is 6.01 Å². The number of allylic oxidation sites excluding steroid dienone is 1. The van der Waals surface area contributed by atoms with E-state index in [1.807, 2.05) is 38.1 Å². The van der Waals surface area contributed by atoms with Crippen molar-refractivity contribution < 1.29 is 14.6 Å². The Morgan fingerprint density at radius 3 is 2.72 bits per heavy atom. The monoisotopic (exact) mass is 337 g/mol. The Morgan fingerprint density at radius 1 is 1.12 bits per heavy atom. The van der Waals surface area contributed by atoms with Gasteiger partial charge < -0.3 is 14.6 Å². The molecule has 0 radical (unpaired) electrons. The van der Waals surface area contributed by atoms with Gasteiger partial charge in [0, 0.05) is 5.56 Å². The number of hydrogen-bond donors (Lipinski definition) is 4. The van der Waals surface area contributed by atoms with Crippen molar-refractivity contribution in [1.29, 1.82) is 0 Å². The van der Waals surface area contributed by atoms with Gasteiger partial charge in [-0.15, -0.1) is 0 Å². The van der Waals surface area contributed by atoms with Crippen molar-refractivity contribution in [3.63, 3.8) is 0 Å². The zero-order valence-corrected chi connectivity index (χ0v) is 14.1. The van der Waals surface area contributed by atoms with Crippen molar-refractivity contribution >= 4 is 28.9 Å². The molecule has 1 aliphatic rings. The van der Waals surface area contributed by atoms with Crippen LogP contribution in [0.4, 0.5) is 11.7 Å². The molecule has 1 heterocycles. The Labute approximate surface area is 144 Å². The van der Waals surface area contributed by atoms with Gasteiger partial charge in [-0.05, 0) is 49.4 Å². The Hall–Kier alpha value is -3.15. The molecule has 0 atom stereocenters. The number of aromatic hydroxyl groups is 2. The van der Waals surface area contributed by atoms with E-state index in [0.29, 0.717) is 5.58 Å². The van der Waals surface area contributed by atoms with Crippen LogP contribution in [0.3, 0.4) is 0 Å². The zero-order valence-electron chi connectivity index (χ0n) is 14.1. The summed E-state index contributed by atoms with van der Waals surface area (Å²) in [5.74, 6) is -0.0237. The number of hydrogen-bond acceptors (Lipinski definition) is 6. The van der Waals surface area contributed by atoms with Crippen molar-refractivity contribution in [2.45, 2.75) is 26.7 Å². The molecule has 0 saturated carbocycles. The molecular weight excluding hydrogens is 318 g/mol. The molecule has 3 aromatic rings. The van der Waals surface area contributed by atoms with E-state index in [0.717, 1.165) is 40.6 Å². The number of phenolic OH excluding ortho intramolecular Hbond substituents is 2. The number of nitrogens with one attached hydrogen (secondary N) is 2. The number of rotatable bonds is 3. The van der Waals surface area contributed by atoms with Gasteiger partial charge in [0.25, 0.3) is 0 Å². The van der Waals surface area contributed by atoms with E-state index in [-0.39, 0.29) is 23.2 Å². The van der Waals surface area contributed by atoms with Crippen molar-refractivity contribution in [2.24, 2.45) is 0 Å². The highest BCUT2D eigenvalue weighted by atomic mass is 16.4. The van der Waals surface area contributed by atoms with Gasteiger partial charge in [-0.2, -0.15) is 4.98 Å². The molecule has 0 fully saturated rings. The third-order valence-corrected chi connectivity index (χ3v) is 4.51. The Bertz CT molecular complexity index is 966. The molecule has 0 amide bonds. The highest BCUT2D eigenvalue weighted by Crippen LogP contribution is 2.41. The number of fused-ring (bicyclic) bond motifs is 2. The third-order valence-electron chi connectivity index (χ3n) is 4.51. The average Bonchev–Trinajstić information content (AvgIpc) is 3.04. The Kier molecular flexibility index (Phi) is 3.53. The minimum Gasteiger partial charge on any atom is -0.506 e. The lowest BCUT2D eigenvalue weighted by Crippen LogP contribution is -2.10. The van der Waals surface area contributed by atoms with E-state index < -0.39 is 0 Å². The van der Waals surface area contributed by atoms with E-state index in [9.17, 15) is 10.2 Å². The maximum atomic E-state index is 10.5. The second-order valence-electron chi connectivity index (χ2n) is 6.28. The number of oxazole rings is 1. The summed E-state index contributed by atoms with van der Waals surface area (Å²) in [6.45, 7) is 3.92. The predicted molar refractivity (Wildman–Crippen MR) is 97.9 cm³/mol. The van der Waals surface area contributed by atoms with Crippen LogP contribution in [0.5, 0.6) is 11.5 Å². The lowest BCUT2D eigenvalue weighted by molar-refractivity contribution is 0.452. The van der Waals surface area contributed by atoms with Crippen LogP contribution in [-0.4, -0.2) is 15.2 Å². The molecule has 1 aromatic heterocycles. The smallest absolute Gasteiger partial charge is 0.314 e. The maximum absolute atomic E-state index is 10.5. The number of nitrogens with zero attached hydrogens (tertiary/aromatic N) is 1. The number of hydrazine groups is 1. The number of anilines is 2. The van der Waals surface area contributed by atoms with Gasteiger partial charge in [0.1, 0.15) is 17.0 Å². The second kappa shape index (κ2) is 5.73. The normalized spacial score (nSPS) is 13.0. The van der Waals surface area contributed by atoms with Crippen LogP contribution in [0.1, 0.15) is 28.7 Å². The molecule has 0 aliphatic heterocycles. The van der Waals surface area contributed by atoms with Crippen molar-refractivity contribution in [1.82, 2.24) is 4.98 Å². The zero-order chi connectivity index (χ0) is 17.6. The first kappa shape index (κ1) is 15.4. The van der Waals surface area contributed by atoms with E-state index in [2.05, 4.69) is 15.8 Å². The predicted octanol–water partition coefficient (Wildman–Crippen LogP) is 4.25. The van der Waals surface area contributed by atoms with Crippen molar-refractivity contribution in [3.8, 4) is 11.5 Å². The summed E-state index contributed by atoms with van der Waals surface area (Å²) in [4.78, 5) is 4.42.